The molecule has 2 N–H and O–H groups in total. The molecule has 1 heterocycles. The van der Waals surface area contributed by atoms with Gasteiger partial charge in [0.1, 0.15) is 5.69 Å². The summed E-state index contributed by atoms with van der Waals surface area (Å²) in [5.74, 6) is -0.480. The number of aromatic nitrogens is 1. The lowest BCUT2D eigenvalue weighted by molar-refractivity contribution is 0.0995. The monoisotopic (exact) mass is 178 g/mol. The van der Waals surface area contributed by atoms with Gasteiger partial charge in [-0.05, 0) is 23.1 Å². The first kappa shape index (κ1) is 9.71. The van der Waals surface area contributed by atoms with Crippen molar-refractivity contribution in [1.82, 2.24) is 4.98 Å². The molecule has 0 radical (unpaired) electrons. The zero-order valence-corrected chi connectivity index (χ0v) is 8.16. The van der Waals surface area contributed by atoms with E-state index in [0.29, 0.717) is 5.69 Å². The van der Waals surface area contributed by atoms with Crippen LogP contribution in [-0.4, -0.2) is 10.9 Å². The van der Waals surface area contributed by atoms with E-state index in [4.69, 9.17) is 5.73 Å². The van der Waals surface area contributed by atoms with Crippen molar-refractivity contribution in [2.45, 2.75) is 26.2 Å². The van der Waals surface area contributed by atoms with Crippen LogP contribution < -0.4 is 5.73 Å². The molecule has 0 aliphatic carbocycles. The number of primary amides is 1. The lowest BCUT2D eigenvalue weighted by Crippen LogP contribution is -2.16. The molecule has 0 spiro atoms. The summed E-state index contributed by atoms with van der Waals surface area (Å²) in [5, 5.41) is 0. The zero-order chi connectivity index (χ0) is 10.1. The molecule has 13 heavy (non-hydrogen) atoms. The highest BCUT2D eigenvalue weighted by Crippen LogP contribution is 2.21. The van der Waals surface area contributed by atoms with E-state index in [0.717, 1.165) is 5.56 Å². The van der Waals surface area contributed by atoms with Gasteiger partial charge in [-0.25, -0.2) is 0 Å². The molecule has 3 nitrogen and oxygen atoms in total. The first-order valence-corrected chi connectivity index (χ1v) is 4.17. The summed E-state index contributed by atoms with van der Waals surface area (Å²) in [7, 11) is 0. The van der Waals surface area contributed by atoms with Gasteiger partial charge in [0.15, 0.2) is 0 Å². The minimum Gasteiger partial charge on any atom is -0.364 e. The van der Waals surface area contributed by atoms with Gasteiger partial charge in [0.2, 0.25) is 0 Å². The molecule has 0 aliphatic heterocycles. The number of hydrogen-bond acceptors (Lipinski definition) is 2. The molecule has 0 aromatic carbocycles. The predicted octanol–water partition coefficient (Wildman–Crippen LogP) is 1.48. The van der Waals surface area contributed by atoms with Crippen LogP contribution in [-0.2, 0) is 5.41 Å². The van der Waals surface area contributed by atoms with Crippen molar-refractivity contribution in [2.75, 3.05) is 0 Å². The number of pyridine rings is 1. The molecule has 1 amide bonds. The van der Waals surface area contributed by atoms with Crippen LogP contribution >= 0.6 is 0 Å². The van der Waals surface area contributed by atoms with Crippen LogP contribution in [0.2, 0.25) is 0 Å². The van der Waals surface area contributed by atoms with Crippen molar-refractivity contribution < 1.29 is 4.79 Å². The van der Waals surface area contributed by atoms with Gasteiger partial charge in [0.25, 0.3) is 5.91 Å². The Morgan fingerprint density at radius 1 is 1.46 bits per heavy atom. The maximum absolute atomic E-state index is 10.8. The van der Waals surface area contributed by atoms with Crippen LogP contribution in [0.25, 0.3) is 0 Å². The maximum atomic E-state index is 10.8. The quantitative estimate of drug-likeness (QED) is 0.708. The molecule has 1 aromatic rings. The van der Waals surface area contributed by atoms with E-state index in [-0.39, 0.29) is 5.41 Å². The van der Waals surface area contributed by atoms with Crippen LogP contribution in [0.15, 0.2) is 18.3 Å². The SMILES string of the molecule is CC(C)(C)c1ccnc(C(N)=O)c1. The van der Waals surface area contributed by atoms with Gasteiger partial charge in [-0.1, -0.05) is 20.8 Å². The molecule has 0 bridgehead atoms. The van der Waals surface area contributed by atoms with Crippen molar-refractivity contribution in [2.24, 2.45) is 5.73 Å². The van der Waals surface area contributed by atoms with Gasteiger partial charge in [0.05, 0.1) is 0 Å². The fraction of sp³-hybridized carbons (Fsp3) is 0.400. The smallest absolute Gasteiger partial charge is 0.267 e. The van der Waals surface area contributed by atoms with E-state index in [1.54, 1.807) is 12.3 Å². The minimum atomic E-state index is -0.480. The number of carbonyl (C=O) groups is 1. The summed E-state index contributed by atoms with van der Waals surface area (Å²) in [5.41, 5.74) is 6.54. The minimum absolute atomic E-state index is 0.0210. The molecule has 3 heteroatoms. The Hall–Kier alpha value is -1.38. The molecule has 0 aliphatic rings. The Morgan fingerprint density at radius 3 is 2.54 bits per heavy atom. The van der Waals surface area contributed by atoms with Crippen LogP contribution in [0.3, 0.4) is 0 Å². The summed E-state index contributed by atoms with van der Waals surface area (Å²) in [6.45, 7) is 6.23. The summed E-state index contributed by atoms with van der Waals surface area (Å²) in [6.07, 6.45) is 1.61. The second-order valence-corrected chi connectivity index (χ2v) is 4.04. The lowest BCUT2D eigenvalue weighted by atomic mass is 9.87. The first-order chi connectivity index (χ1) is 5.91. The highest BCUT2D eigenvalue weighted by atomic mass is 16.1. The second-order valence-electron chi connectivity index (χ2n) is 4.04. The molecule has 1 rings (SSSR count). The van der Waals surface area contributed by atoms with E-state index >= 15 is 0 Å². The third-order valence-electron chi connectivity index (χ3n) is 1.88. The number of hydrogen-bond donors (Lipinski definition) is 1. The zero-order valence-electron chi connectivity index (χ0n) is 8.16. The van der Waals surface area contributed by atoms with Crippen molar-refractivity contribution in [3.63, 3.8) is 0 Å². The Labute approximate surface area is 78.0 Å². The van der Waals surface area contributed by atoms with Crippen LogP contribution in [0.4, 0.5) is 0 Å². The molecule has 0 saturated carbocycles. The molecule has 0 atom stereocenters. The van der Waals surface area contributed by atoms with Crippen LogP contribution in [0.5, 0.6) is 0 Å². The van der Waals surface area contributed by atoms with Crippen molar-refractivity contribution in [1.29, 1.82) is 0 Å². The average molecular weight is 178 g/mol. The standard InChI is InChI=1S/C10H14N2O/c1-10(2,3)7-4-5-12-8(6-7)9(11)13/h4-6H,1-3H3,(H2,11,13). The van der Waals surface area contributed by atoms with Crippen LogP contribution in [0.1, 0.15) is 36.8 Å². The summed E-state index contributed by atoms with van der Waals surface area (Å²) in [6, 6.07) is 3.63. The second kappa shape index (κ2) is 3.17. The number of nitrogens with two attached hydrogens (primary N) is 1. The number of amides is 1. The van der Waals surface area contributed by atoms with Gasteiger partial charge in [-0.15, -0.1) is 0 Å². The summed E-state index contributed by atoms with van der Waals surface area (Å²) < 4.78 is 0. The molecule has 0 fully saturated rings. The van der Waals surface area contributed by atoms with Crippen molar-refractivity contribution in [3.05, 3.63) is 29.6 Å². The molecular weight excluding hydrogens is 164 g/mol. The van der Waals surface area contributed by atoms with Gasteiger partial charge in [-0.2, -0.15) is 0 Å². The van der Waals surface area contributed by atoms with Gasteiger partial charge < -0.3 is 5.73 Å². The lowest BCUT2D eigenvalue weighted by Gasteiger charge is -2.18. The van der Waals surface area contributed by atoms with E-state index in [1.165, 1.54) is 0 Å². The average Bonchev–Trinajstić information content (AvgIpc) is 2.03. The third kappa shape index (κ3) is 2.28. The molecular formula is C10H14N2O. The summed E-state index contributed by atoms with van der Waals surface area (Å²) in [4.78, 5) is 14.7. The topological polar surface area (TPSA) is 56.0 Å². The molecule has 0 saturated heterocycles. The van der Waals surface area contributed by atoms with E-state index < -0.39 is 5.91 Å². The highest BCUT2D eigenvalue weighted by Gasteiger charge is 2.15. The highest BCUT2D eigenvalue weighted by molar-refractivity contribution is 5.90. The molecule has 0 unspecified atom stereocenters. The normalized spacial score (nSPS) is 11.3. The Kier molecular flexibility index (Phi) is 2.36. The Morgan fingerprint density at radius 2 is 2.08 bits per heavy atom. The fourth-order valence-electron chi connectivity index (χ4n) is 1.03. The first-order valence-electron chi connectivity index (χ1n) is 4.17. The summed E-state index contributed by atoms with van der Waals surface area (Å²) >= 11 is 0. The van der Waals surface area contributed by atoms with Gasteiger partial charge >= 0.3 is 0 Å². The Bertz CT molecular complexity index is 326. The van der Waals surface area contributed by atoms with Crippen LogP contribution in [0, 0.1) is 0 Å². The van der Waals surface area contributed by atoms with Gasteiger partial charge in [-0.3, -0.25) is 9.78 Å². The van der Waals surface area contributed by atoms with Crippen molar-refractivity contribution >= 4 is 5.91 Å². The number of rotatable bonds is 1. The van der Waals surface area contributed by atoms with E-state index in [2.05, 4.69) is 25.8 Å². The molecule has 70 valence electrons. The Balaban J connectivity index is 3.13. The van der Waals surface area contributed by atoms with Gasteiger partial charge in [0, 0.05) is 6.20 Å². The largest absolute Gasteiger partial charge is 0.364 e. The predicted molar refractivity (Wildman–Crippen MR) is 51.5 cm³/mol. The third-order valence-corrected chi connectivity index (χ3v) is 1.88. The number of nitrogens with zero attached hydrogens (tertiary/aromatic N) is 1. The maximum Gasteiger partial charge on any atom is 0.267 e. The number of carbonyl (C=O) groups excluding carboxylic acids is 1. The van der Waals surface area contributed by atoms with Crippen molar-refractivity contribution in [3.8, 4) is 0 Å². The van der Waals surface area contributed by atoms with E-state index in [1.807, 2.05) is 6.07 Å². The fourth-order valence-corrected chi connectivity index (χ4v) is 1.03. The van der Waals surface area contributed by atoms with E-state index in [9.17, 15) is 4.79 Å². The molecule has 1 aromatic heterocycles.